The number of carboxylic acid groups (broad SMARTS) is 1. The minimum absolute atomic E-state index is 0.222. The molecule has 154 valence electrons. The van der Waals surface area contributed by atoms with Gasteiger partial charge in [-0.15, -0.1) is 0 Å². The van der Waals surface area contributed by atoms with Crippen molar-refractivity contribution < 1.29 is 19.0 Å². The van der Waals surface area contributed by atoms with E-state index in [-0.39, 0.29) is 11.7 Å². The van der Waals surface area contributed by atoms with E-state index in [9.17, 15) is 9.18 Å². The summed E-state index contributed by atoms with van der Waals surface area (Å²) in [4.78, 5) is 12.9. The number of hydrogen-bond donors (Lipinski definition) is 1. The molecule has 3 rings (SSSR count). The molecule has 1 aliphatic heterocycles. The molecule has 2 aromatic rings. The zero-order chi connectivity index (χ0) is 20.8. The maximum atomic E-state index is 13.0. The van der Waals surface area contributed by atoms with Crippen LogP contribution in [0.4, 0.5) is 4.39 Å². The Balaban J connectivity index is 1.44. The molecule has 1 aliphatic rings. The Morgan fingerprint density at radius 3 is 2.52 bits per heavy atom. The monoisotopic (exact) mass is 417 g/mol. The molecule has 0 radical (unpaired) electrons. The maximum absolute atomic E-state index is 13.0. The maximum Gasteiger partial charge on any atom is 0.309 e. The Kier molecular flexibility index (Phi) is 7.29. The van der Waals surface area contributed by atoms with Crippen LogP contribution in [-0.2, 0) is 11.2 Å². The fourth-order valence-corrected chi connectivity index (χ4v) is 3.43. The Labute approximate surface area is 175 Å². The summed E-state index contributed by atoms with van der Waals surface area (Å²) in [5.74, 6) is -0.145. The first-order chi connectivity index (χ1) is 13.9. The molecule has 0 amide bonds. The van der Waals surface area contributed by atoms with Gasteiger partial charge in [-0.3, -0.25) is 9.69 Å². The molecule has 0 aliphatic carbocycles. The van der Waals surface area contributed by atoms with E-state index in [1.165, 1.54) is 12.1 Å². The molecule has 0 aromatic heterocycles. The summed E-state index contributed by atoms with van der Waals surface area (Å²) in [7, 11) is 0. The predicted molar refractivity (Wildman–Crippen MR) is 113 cm³/mol. The van der Waals surface area contributed by atoms with Gasteiger partial charge in [0.2, 0.25) is 0 Å². The van der Waals surface area contributed by atoms with Gasteiger partial charge in [0.05, 0.1) is 12.5 Å². The fraction of sp³-hybridized carbons (Fsp3) is 0.348. The largest absolute Gasteiger partial charge is 0.493 e. The highest BCUT2D eigenvalue weighted by Gasteiger charge is 2.31. The zero-order valence-electron chi connectivity index (χ0n) is 16.4. The third kappa shape index (κ3) is 6.31. The number of hydrogen-bond acceptors (Lipinski definition) is 3. The van der Waals surface area contributed by atoms with E-state index in [1.54, 1.807) is 12.1 Å². The van der Waals surface area contributed by atoms with Crippen LogP contribution in [0.3, 0.4) is 0 Å². The summed E-state index contributed by atoms with van der Waals surface area (Å²) >= 11 is 6.36. The second-order valence-electron chi connectivity index (χ2n) is 7.58. The van der Waals surface area contributed by atoms with Gasteiger partial charge in [-0.2, -0.15) is 0 Å². The molecular formula is C23H25ClFNO3. The standard InChI is InChI=1S/C23H25ClFNO3/c1-16(12-17-2-6-20(25)7-3-17)15-29-21-8-4-18(5-9-21)22(24)10-11-26-13-19(14-26)23(27)28/h2-10,16,19H,11-15H2,1H3,(H,27,28)/b22-10-/t16-/m0/s1. The van der Waals surface area contributed by atoms with Crippen LogP contribution in [0.15, 0.2) is 54.6 Å². The molecule has 1 atom stereocenters. The highest BCUT2D eigenvalue weighted by Crippen LogP contribution is 2.24. The average Bonchev–Trinajstić information content (AvgIpc) is 2.67. The quantitative estimate of drug-likeness (QED) is 0.643. The first-order valence-corrected chi connectivity index (χ1v) is 10.1. The van der Waals surface area contributed by atoms with Crippen LogP contribution in [0, 0.1) is 17.7 Å². The van der Waals surface area contributed by atoms with Crippen LogP contribution in [0.25, 0.3) is 5.03 Å². The van der Waals surface area contributed by atoms with E-state index in [4.69, 9.17) is 21.4 Å². The topological polar surface area (TPSA) is 49.8 Å². The lowest BCUT2D eigenvalue weighted by molar-refractivity contribution is -0.147. The molecule has 29 heavy (non-hydrogen) atoms. The van der Waals surface area contributed by atoms with Gasteiger partial charge in [-0.25, -0.2) is 4.39 Å². The molecule has 0 bridgehead atoms. The zero-order valence-corrected chi connectivity index (χ0v) is 17.1. The lowest BCUT2D eigenvalue weighted by atomic mass is 10.0. The van der Waals surface area contributed by atoms with Gasteiger partial charge < -0.3 is 9.84 Å². The lowest BCUT2D eigenvalue weighted by Crippen LogP contribution is -2.50. The van der Waals surface area contributed by atoms with E-state index in [0.29, 0.717) is 37.2 Å². The van der Waals surface area contributed by atoms with E-state index in [2.05, 4.69) is 6.92 Å². The van der Waals surface area contributed by atoms with Crippen LogP contribution >= 0.6 is 11.6 Å². The average molecular weight is 418 g/mol. The molecule has 4 nitrogen and oxygen atoms in total. The molecular weight excluding hydrogens is 393 g/mol. The van der Waals surface area contributed by atoms with E-state index in [0.717, 1.165) is 23.3 Å². The molecule has 1 N–H and O–H groups in total. The molecule has 0 saturated carbocycles. The number of carbonyl (C=O) groups is 1. The molecule has 0 unspecified atom stereocenters. The van der Waals surface area contributed by atoms with Crippen LogP contribution in [0.1, 0.15) is 18.1 Å². The van der Waals surface area contributed by atoms with E-state index in [1.807, 2.05) is 35.2 Å². The van der Waals surface area contributed by atoms with Crippen LogP contribution in [0.5, 0.6) is 5.75 Å². The number of aliphatic carboxylic acids is 1. The minimum atomic E-state index is -0.737. The van der Waals surface area contributed by atoms with E-state index < -0.39 is 5.97 Å². The number of likely N-dealkylation sites (tertiary alicyclic amines) is 1. The number of ether oxygens (including phenoxy) is 1. The van der Waals surface area contributed by atoms with Gasteiger partial charge in [0.1, 0.15) is 11.6 Å². The number of rotatable bonds is 9. The fourth-order valence-electron chi connectivity index (χ4n) is 3.23. The molecule has 1 saturated heterocycles. The Bertz CT molecular complexity index is 845. The molecule has 0 spiro atoms. The smallest absolute Gasteiger partial charge is 0.309 e. The highest BCUT2D eigenvalue weighted by molar-refractivity contribution is 6.48. The normalized spacial score (nSPS) is 16.3. The Morgan fingerprint density at radius 2 is 1.90 bits per heavy atom. The lowest BCUT2D eigenvalue weighted by Gasteiger charge is -2.35. The van der Waals surface area contributed by atoms with Crippen LogP contribution in [-0.4, -0.2) is 42.2 Å². The van der Waals surface area contributed by atoms with Crippen molar-refractivity contribution in [2.75, 3.05) is 26.2 Å². The van der Waals surface area contributed by atoms with Gasteiger partial charge in [0, 0.05) is 24.7 Å². The summed E-state index contributed by atoms with van der Waals surface area (Å²) < 4.78 is 18.8. The first kappa shape index (κ1) is 21.3. The van der Waals surface area contributed by atoms with Crippen molar-refractivity contribution in [2.24, 2.45) is 11.8 Å². The van der Waals surface area contributed by atoms with Crippen molar-refractivity contribution >= 4 is 22.6 Å². The summed E-state index contributed by atoms with van der Waals surface area (Å²) in [5, 5.41) is 9.54. The second kappa shape index (κ2) is 9.90. The first-order valence-electron chi connectivity index (χ1n) is 9.69. The van der Waals surface area contributed by atoms with Crippen molar-refractivity contribution in [3.63, 3.8) is 0 Å². The highest BCUT2D eigenvalue weighted by atomic mass is 35.5. The van der Waals surface area contributed by atoms with Crippen molar-refractivity contribution in [2.45, 2.75) is 13.3 Å². The van der Waals surface area contributed by atoms with E-state index >= 15 is 0 Å². The van der Waals surface area contributed by atoms with Crippen LogP contribution in [0.2, 0.25) is 0 Å². The SMILES string of the molecule is C[C@H](COc1ccc(/C(Cl)=C/CN2CC(C(=O)O)C2)cc1)Cc1ccc(F)cc1. The summed E-state index contributed by atoms with van der Waals surface area (Å²) in [6.45, 7) is 4.45. The summed E-state index contributed by atoms with van der Waals surface area (Å²) in [6.07, 6.45) is 2.73. The van der Waals surface area contributed by atoms with Gasteiger partial charge in [-0.05, 0) is 59.9 Å². The molecule has 1 heterocycles. The second-order valence-corrected chi connectivity index (χ2v) is 7.98. The predicted octanol–water partition coefficient (Wildman–Crippen LogP) is 4.68. The molecule has 1 fully saturated rings. The summed E-state index contributed by atoms with van der Waals surface area (Å²) in [5.41, 5.74) is 1.99. The third-order valence-corrected chi connectivity index (χ3v) is 5.37. The van der Waals surface area contributed by atoms with Gasteiger partial charge in [0.15, 0.2) is 0 Å². The number of nitrogens with zero attached hydrogens (tertiary/aromatic N) is 1. The number of benzene rings is 2. The Morgan fingerprint density at radius 1 is 1.24 bits per heavy atom. The molecule has 6 heteroatoms. The summed E-state index contributed by atoms with van der Waals surface area (Å²) in [6, 6.07) is 14.2. The number of carboxylic acids is 1. The van der Waals surface area contributed by atoms with Crippen molar-refractivity contribution in [1.82, 2.24) is 4.90 Å². The third-order valence-electron chi connectivity index (χ3n) is 5.00. The van der Waals surface area contributed by atoms with Gasteiger partial charge >= 0.3 is 5.97 Å². The number of halogens is 2. The van der Waals surface area contributed by atoms with Gasteiger partial charge in [-0.1, -0.05) is 36.7 Å². The van der Waals surface area contributed by atoms with Crippen LogP contribution < -0.4 is 4.74 Å². The van der Waals surface area contributed by atoms with Gasteiger partial charge in [0.25, 0.3) is 0 Å². The Hall–Kier alpha value is -2.37. The van der Waals surface area contributed by atoms with Crippen molar-refractivity contribution in [3.8, 4) is 5.75 Å². The molecule has 2 aromatic carbocycles. The van der Waals surface area contributed by atoms with Crippen molar-refractivity contribution in [3.05, 3.63) is 71.6 Å². The van der Waals surface area contributed by atoms with Crippen molar-refractivity contribution in [1.29, 1.82) is 0 Å². The minimum Gasteiger partial charge on any atom is -0.493 e.